The van der Waals surface area contributed by atoms with E-state index in [1.54, 1.807) is 6.26 Å². The molecule has 0 aliphatic heterocycles. The number of rotatable bonds is 8. The second-order valence-electron chi connectivity index (χ2n) is 6.00. The number of furan rings is 1. The van der Waals surface area contributed by atoms with Crippen LogP contribution in [0, 0.1) is 0 Å². The number of nitrogens with one attached hydrogen (secondary N) is 2. The molecule has 6 nitrogen and oxygen atoms in total. The van der Waals surface area contributed by atoms with Crippen LogP contribution >= 0.6 is 24.0 Å². The molecule has 0 saturated carbocycles. The molecule has 0 radical (unpaired) electrons. The average Bonchev–Trinajstić information content (AvgIpc) is 3.21. The third-order valence-corrected chi connectivity index (χ3v) is 3.97. The monoisotopic (exact) mass is 459 g/mol. The van der Waals surface area contributed by atoms with E-state index in [1.165, 1.54) is 5.56 Å². The maximum Gasteiger partial charge on any atom is 0.191 e. The van der Waals surface area contributed by atoms with Crippen molar-refractivity contribution in [2.75, 3.05) is 6.54 Å². The first-order valence-corrected chi connectivity index (χ1v) is 8.71. The maximum absolute atomic E-state index is 5.37. The van der Waals surface area contributed by atoms with Gasteiger partial charge in [0.1, 0.15) is 5.76 Å². The Labute approximate surface area is 167 Å². The van der Waals surface area contributed by atoms with E-state index in [2.05, 4.69) is 36.5 Å². The predicted octanol–water partition coefficient (Wildman–Crippen LogP) is 3.27. The van der Waals surface area contributed by atoms with E-state index >= 15 is 0 Å². The number of hydrogen-bond donors (Lipinski definition) is 2. The number of nitrogens with zero attached hydrogens (tertiary/aromatic N) is 3. The highest BCUT2D eigenvalue weighted by atomic mass is 127. The minimum atomic E-state index is 0. The summed E-state index contributed by atoms with van der Waals surface area (Å²) in [4.78, 5) is 4.73. The van der Waals surface area contributed by atoms with Crippen LogP contribution in [0.15, 0.2) is 34.0 Å². The van der Waals surface area contributed by atoms with Gasteiger partial charge in [0, 0.05) is 37.8 Å². The minimum absolute atomic E-state index is 0. The normalized spacial score (nSPS) is 12.6. The van der Waals surface area contributed by atoms with Crippen molar-refractivity contribution in [2.24, 2.45) is 12.0 Å². The van der Waals surface area contributed by atoms with E-state index < -0.39 is 0 Å². The first-order valence-electron chi connectivity index (χ1n) is 8.71. The second-order valence-corrected chi connectivity index (χ2v) is 6.00. The molecule has 140 valence electrons. The molecule has 2 aromatic rings. The summed E-state index contributed by atoms with van der Waals surface area (Å²) in [5.74, 6) is 1.81. The maximum atomic E-state index is 5.37. The summed E-state index contributed by atoms with van der Waals surface area (Å²) in [6.07, 6.45) is 6.56. The molecule has 2 N–H and O–H groups in total. The third kappa shape index (κ3) is 7.09. The highest BCUT2D eigenvalue weighted by molar-refractivity contribution is 14.0. The van der Waals surface area contributed by atoms with Gasteiger partial charge in [-0.1, -0.05) is 13.8 Å². The molecule has 7 heteroatoms. The van der Waals surface area contributed by atoms with Gasteiger partial charge in [-0.15, -0.1) is 24.0 Å². The van der Waals surface area contributed by atoms with Gasteiger partial charge >= 0.3 is 0 Å². The number of hydrogen-bond acceptors (Lipinski definition) is 3. The Hall–Kier alpha value is -1.51. The van der Waals surface area contributed by atoms with E-state index in [0.29, 0.717) is 12.6 Å². The van der Waals surface area contributed by atoms with E-state index in [-0.39, 0.29) is 24.0 Å². The Bertz CT molecular complexity index is 636. The fraction of sp³-hybridized carbons (Fsp3) is 0.556. The standard InChI is InChI=1S/C18H29N5O.HI/c1-5-14(3)21-18(19-10-9-16-8-7-11-24-16)20-12-15-13-23(4)22-17(15)6-2;/h7-8,11,13-14H,5-6,9-10,12H2,1-4H3,(H2,19,20,21);1H. The molecule has 0 saturated heterocycles. The number of aromatic nitrogens is 2. The number of halogens is 1. The molecule has 1 atom stereocenters. The molecular formula is C18H30IN5O. The van der Waals surface area contributed by atoms with Crippen LogP contribution < -0.4 is 10.6 Å². The third-order valence-electron chi connectivity index (χ3n) is 3.97. The molecule has 0 aliphatic rings. The highest BCUT2D eigenvalue weighted by Gasteiger charge is 2.08. The van der Waals surface area contributed by atoms with Gasteiger partial charge in [-0.25, -0.2) is 4.99 Å². The zero-order valence-corrected chi connectivity index (χ0v) is 17.9. The van der Waals surface area contributed by atoms with E-state index in [4.69, 9.17) is 9.41 Å². The molecule has 0 spiro atoms. The second kappa shape index (κ2) is 11.2. The summed E-state index contributed by atoms with van der Waals surface area (Å²) in [5, 5.41) is 11.3. The summed E-state index contributed by atoms with van der Waals surface area (Å²) >= 11 is 0. The van der Waals surface area contributed by atoms with Crippen molar-refractivity contribution in [1.29, 1.82) is 0 Å². The molecule has 0 fully saturated rings. The van der Waals surface area contributed by atoms with E-state index in [9.17, 15) is 0 Å². The quantitative estimate of drug-likeness (QED) is 0.361. The van der Waals surface area contributed by atoms with Crippen LogP contribution in [0.1, 0.15) is 44.2 Å². The lowest BCUT2D eigenvalue weighted by molar-refractivity contribution is 0.506. The van der Waals surface area contributed by atoms with E-state index in [1.807, 2.05) is 30.1 Å². The largest absolute Gasteiger partial charge is 0.469 e. The van der Waals surface area contributed by atoms with Crippen LogP contribution in [0.3, 0.4) is 0 Å². The first-order chi connectivity index (χ1) is 11.6. The summed E-state index contributed by atoms with van der Waals surface area (Å²) in [6, 6.07) is 4.28. The van der Waals surface area contributed by atoms with Crippen LogP contribution in [-0.4, -0.2) is 28.3 Å². The van der Waals surface area contributed by atoms with Crippen molar-refractivity contribution in [3.8, 4) is 0 Å². The Morgan fingerprint density at radius 1 is 1.40 bits per heavy atom. The van der Waals surface area contributed by atoms with Gasteiger partial charge in [-0.2, -0.15) is 5.10 Å². The van der Waals surface area contributed by atoms with Crippen molar-refractivity contribution >= 4 is 29.9 Å². The molecule has 25 heavy (non-hydrogen) atoms. The van der Waals surface area contributed by atoms with Gasteiger partial charge < -0.3 is 15.1 Å². The zero-order chi connectivity index (χ0) is 17.4. The SMILES string of the molecule is CCc1nn(C)cc1CN=C(NCCc1ccco1)NC(C)CC.I. The van der Waals surface area contributed by atoms with Gasteiger partial charge in [-0.05, 0) is 31.9 Å². The van der Waals surface area contributed by atoms with Gasteiger partial charge in [0.2, 0.25) is 0 Å². The molecule has 2 rings (SSSR count). The number of guanidine groups is 1. The van der Waals surface area contributed by atoms with Crippen LogP contribution in [0.2, 0.25) is 0 Å². The van der Waals surface area contributed by atoms with Gasteiger partial charge in [-0.3, -0.25) is 4.68 Å². The first kappa shape index (κ1) is 21.5. The molecular weight excluding hydrogens is 429 g/mol. The van der Waals surface area contributed by atoms with Crippen molar-refractivity contribution < 1.29 is 4.42 Å². The summed E-state index contributed by atoms with van der Waals surface area (Å²) < 4.78 is 7.23. The lowest BCUT2D eigenvalue weighted by atomic mass is 10.2. The van der Waals surface area contributed by atoms with E-state index in [0.717, 1.165) is 43.2 Å². The van der Waals surface area contributed by atoms with Crippen molar-refractivity contribution in [3.63, 3.8) is 0 Å². The van der Waals surface area contributed by atoms with Crippen LogP contribution in [0.25, 0.3) is 0 Å². The van der Waals surface area contributed by atoms with Crippen LogP contribution in [0.4, 0.5) is 0 Å². The minimum Gasteiger partial charge on any atom is -0.469 e. The molecule has 0 amide bonds. The van der Waals surface area contributed by atoms with Crippen LogP contribution in [0.5, 0.6) is 0 Å². The Morgan fingerprint density at radius 2 is 2.20 bits per heavy atom. The van der Waals surface area contributed by atoms with Crippen LogP contribution in [-0.2, 0) is 26.4 Å². The molecule has 1 unspecified atom stereocenters. The van der Waals surface area contributed by atoms with Gasteiger partial charge in [0.05, 0.1) is 18.5 Å². The lowest BCUT2D eigenvalue weighted by Gasteiger charge is -2.16. The molecule has 0 aromatic carbocycles. The Morgan fingerprint density at radius 3 is 2.84 bits per heavy atom. The van der Waals surface area contributed by atoms with Gasteiger partial charge in [0.25, 0.3) is 0 Å². The van der Waals surface area contributed by atoms with Crippen molar-refractivity contribution in [1.82, 2.24) is 20.4 Å². The summed E-state index contributed by atoms with van der Waals surface area (Å²) in [5.41, 5.74) is 2.29. The summed E-state index contributed by atoms with van der Waals surface area (Å²) in [6.45, 7) is 7.85. The van der Waals surface area contributed by atoms with Gasteiger partial charge in [0.15, 0.2) is 5.96 Å². The smallest absolute Gasteiger partial charge is 0.191 e. The predicted molar refractivity (Wildman–Crippen MR) is 112 cm³/mol. The average molecular weight is 459 g/mol. The molecule has 2 aromatic heterocycles. The zero-order valence-electron chi connectivity index (χ0n) is 15.6. The number of aliphatic imine (C=N–C) groups is 1. The molecule has 0 bridgehead atoms. The molecule has 0 aliphatic carbocycles. The Kier molecular flexibility index (Phi) is 9.62. The molecule has 2 heterocycles. The fourth-order valence-corrected chi connectivity index (χ4v) is 2.42. The topological polar surface area (TPSA) is 67.4 Å². The summed E-state index contributed by atoms with van der Waals surface area (Å²) in [7, 11) is 1.95. The number of aryl methyl sites for hydroxylation is 2. The highest BCUT2D eigenvalue weighted by Crippen LogP contribution is 2.08. The van der Waals surface area contributed by atoms with Crippen molar-refractivity contribution in [3.05, 3.63) is 41.6 Å². The fourth-order valence-electron chi connectivity index (χ4n) is 2.42. The van der Waals surface area contributed by atoms with Crippen molar-refractivity contribution in [2.45, 2.75) is 52.6 Å². The lowest BCUT2D eigenvalue weighted by Crippen LogP contribution is -2.42. The Balaban J connectivity index is 0.00000312.